The fraction of sp³-hybridized carbons (Fsp3) is 0.222. The number of rotatable bonds is 2. The lowest BCUT2D eigenvalue weighted by atomic mass is 10.1. The van der Waals surface area contributed by atoms with E-state index in [-0.39, 0.29) is 0 Å². The molecule has 0 spiro atoms. The molecular formula is C9H4F4O4. The number of fused-ring (bicyclic) bond motifs is 1. The second-order valence-corrected chi connectivity index (χ2v) is 3.18. The molecule has 0 radical (unpaired) electrons. The Balaban J connectivity index is 2.54. The summed E-state index contributed by atoms with van der Waals surface area (Å²) >= 11 is 0. The van der Waals surface area contributed by atoms with Crippen molar-refractivity contribution in [2.45, 2.75) is 12.2 Å². The van der Waals surface area contributed by atoms with Crippen molar-refractivity contribution in [1.82, 2.24) is 0 Å². The van der Waals surface area contributed by atoms with Crippen molar-refractivity contribution in [2.75, 3.05) is 0 Å². The molecular weight excluding hydrogens is 248 g/mol. The molecule has 17 heavy (non-hydrogen) atoms. The van der Waals surface area contributed by atoms with Gasteiger partial charge in [0.1, 0.15) is 0 Å². The van der Waals surface area contributed by atoms with Gasteiger partial charge in [-0.3, -0.25) is 0 Å². The van der Waals surface area contributed by atoms with Gasteiger partial charge >= 0.3 is 18.2 Å². The molecule has 0 aliphatic carbocycles. The van der Waals surface area contributed by atoms with Crippen molar-refractivity contribution in [3.8, 4) is 11.5 Å². The van der Waals surface area contributed by atoms with Gasteiger partial charge in [0.25, 0.3) is 0 Å². The molecule has 0 bridgehead atoms. The number of ether oxygens (including phenoxy) is 2. The first-order valence-electron chi connectivity index (χ1n) is 4.24. The molecule has 2 rings (SSSR count). The van der Waals surface area contributed by atoms with E-state index in [4.69, 9.17) is 5.11 Å². The predicted octanol–water partition coefficient (Wildman–Crippen LogP) is 2.18. The number of hydrogen-bond donors (Lipinski definition) is 1. The minimum Gasteiger partial charge on any atom is -0.477 e. The lowest BCUT2D eigenvalue weighted by Crippen LogP contribution is -2.28. The summed E-state index contributed by atoms with van der Waals surface area (Å²) in [7, 11) is 0. The monoisotopic (exact) mass is 252 g/mol. The number of halogens is 4. The van der Waals surface area contributed by atoms with Crippen molar-refractivity contribution >= 4 is 5.97 Å². The minimum absolute atomic E-state index is 0.631. The molecule has 1 N–H and O–H groups in total. The van der Waals surface area contributed by atoms with Crippen LogP contribution in [-0.4, -0.2) is 17.4 Å². The third-order valence-corrected chi connectivity index (χ3v) is 2.04. The molecule has 1 heterocycles. The highest BCUT2D eigenvalue weighted by atomic mass is 19.3. The topological polar surface area (TPSA) is 55.8 Å². The minimum atomic E-state index is -4.34. The van der Waals surface area contributed by atoms with Crippen LogP contribution in [0.15, 0.2) is 18.2 Å². The van der Waals surface area contributed by atoms with Gasteiger partial charge in [-0.1, -0.05) is 6.07 Å². The van der Waals surface area contributed by atoms with Crippen molar-refractivity contribution < 1.29 is 36.9 Å². The van der Waals surface area contributed by atoms with Gasteiger partial charge in [-0.15, -0.1) is 8.78 Å². The van der Waals surface area contributed by atoms with Crippen LogP contribution in [0, 0.1) is 0 Å². The Kier molecular flexibility index (Phi) is 2.20. The second kappa shape index (κ2) is 3.25. The standard InChI is InChI=1S/C9H4F4O4/c10-8(11,7(14)15)4-2-1-3-5-6(4)17-9(12,13)16-5/h1-3H,(H,14,15). The van der Waals surface area contributed by atoms with E-state index >= 15 is 0 Å². The van der Waals surface area contributed by atoms with E-state index in [0.717, 1.165) is 12.1 Å². The van der Waals surface area contributed by atoms with Crippen LogP contribution in [0.25, 0.3) is 0 Å². The third-order valence-electron chi connectivity index (χ3n) is 2.04. The highest BCUT2D eigenvalue weighted by Gasteiger charge is 2.51. The first kappa shape index (κ1) is 11.5. The maximum Gasteiger partial charge on any atom is 0.586 e. The SMILES string of the molecule is O=C(O)C(F)(F)c1cccc2c1OC(F)(F)O2. The lowest BCUT2D eigenvalue weighted by molar-refractivity contribution is -0.287. The number of carboxylic acid groups (broad SMARTS) is 1. The van der Waals surface area contributed by atoms with E-state index in [1.807, 2.05) is 0 Å². The van der Waals surface area contributed by atoms with Crippen LogP contribution in [-0.2, 0) is 10.7 Å². The number of carbonyl (C=O) groups is 1. The van der Waals surface area contributed by atoms with E-state index in [1.54, 1.807) is 0 Å². The Bertz CT molecular complexity index is 486. The van der Waals surface area contributed by atoms with Crippen LogP contribution in [0.1, 0.15) is 5.56 Å². The van der Waals surface area contributed by atoms with E-state index in [0.29, 0.717) is 6.07 Å². The number of benzene rings is 1. The quantitative estimate of drug-likeness (QED) is 0.819. The highest BCUT2D eigenvalue weighted by Crippen LogP contribution is 2.47. The maximum atomic E-state index is 13.2. The molecule has 0 aromatic heterocycles. The Morgan fingerprint density at radius 3 is 2.53 bits per heavy atom. The largest absolute Gasteiger partial charge is 0.586 e. The maximum absolute atomic E-state index is 13.2. The van der Waals surface area contributed by atoms with Crippen LogP contribution in [0.4, 0.5) is 17.6 Å². The third kappa shape index (κ3) is 1.75. The molecule has 92 valence electrons. The van der Waals surface area contributed by atoms with Crippen molar-refractivity contribution in [2.24, 2.45) is 0 Å². The average molecular weight is 252 g/mol. The van der Waals surface area contributed by atoms with Gasteiger partial charge in [-0.2, -0.15) is 8.78 Å². The van der Waals surface area contributed by atoms with Gasteiger partial charge in [0.2, 0.25) is 0 Å². The molecule has 0 amide bonds. The van der Waals surface area contributed by atoms with Gasteiger partial charge in [-0.05, 0) is 12.1 Å². The van der Waals surface area contributed by atoms with E-state index in [9.17, 15) is 22.4 Å². The summed E-state index contributed by atoms with van der Waals surface area (Å²) in [5, 5.41) is 8.32. The zero-order valence-corrected chi connectivity index (χ0v) is 7.92. The van der Waals surface area contributed by atoms with Gasteiger partial charge in [0.05, 0.1) is 5.56 Å². The van der Waals surface area contributed by atoms with E-state index in [1.165, 1.54) is 0 Å². The van der Waals surface area contributed by atoms with Gasteiger partial charge in [0.15, 0.2) is 11.5 Å². The molecule has 1 aliphatic heterocycles. The summed E-state index contributed by atoms with van der Waals surface area (Å²) in [6.07, 6.45) is -4.08. The Morgan fingerprint density at radius 2 is 1.94 bits per heavy atom. The summed E-state index contributed by atoms with van der Waals surface area (Å²) in [6.45, 7) is 0. The number of hydrogen-bond acceptors (Lipinski definition) is 3. The normalized spacial score (nSPS) is 16.9. The Morgan fingerprint density at radius 1 is 1.29 bits per heavy atom. The summed E-state index contributed by atoms with van der Waals surface area (Å²) < 4.78 is 59.5. The molecule has 0 fully saturated rings. The summed E-state index contributed by atoms with van der Waals surface area (Å²) in [6, 6.07) is 2.62. The van der Waals surface area contributed by atoms with Gasteiger partial charge < -0.3 is 14.6 Å². The van der Waals surface area contributed by atoms with Crippen LogP contribution >= 0.6 is 0 Å². The number of aliphatic carboxylic acids is 1. The number of carboxylic acids is 1. The van der Waals surface area contributed by atoms with Crippen LogP contribution < -0.4 is 9.47 Å². The second-order valence-electron chi connectivity index (χ2n) is 3.18. The molecule has 0 unspecified atom stereocenters. The first-order valence-corrected chi connectivity index (χ1v) is 4.24. The Labute approximate surface area is 91.4 Å². The smallest absolute Gasteiger partial charge is 0.477 e. The molecule has 4 nitrogen and oxygen atoms in total. The van der Waals surface area contributed by atoms with Crippen molar-refractivity contribution in [3.05, 3.63) is 23.8 Å². The van der Waals surface area contributed by atoms with Crippen LogP contribution in [0.2, 0.25) is 0 Å². The molecule has 8 heteroatoms. The summed E-state index contributed by atoms with van der Waals surface area (Å²) in [5.74, 6) is -8.40. The molecule has 1 aromatic rings. The predicted molar refractivity (Wildman–Crippen MR) is 44.2 cm³/mol. The van der Waals surface area contributed by atoms with Crippen LogP contribution in [0.5, 0.6) is 11.5 Å². The van der Waals surface area contributed by atoms with Gasteiger partial charge in [0, 0.05) is 0 Å². The lowest BCUT2D eigenvalue weighted by Gasteiger charge is -2.13. The summed E-state index contributed by atoms with van der Waals surface area (Å²) in [4.78, 5) is 10.3. The van der Waals surface area contributed by atoms with E-state index in [2.05, 4.69) is 9.47 Å². The molecule has 1 aliphatic rings. The van der Waals surface area contributed by atoms with Crippen molar-refractivity contribution in [1.29, 1.82) is 0 Å². The average Bonchev–Trinajstić information content (AvgIpc) is 2.50. The fourth-order valence-corrected chi connectivity index (χ4v) is 1.33. The molecule has 0 atom stereocenters. The fourth-order valence-electron chi connectivity index (χ4n) is 1.33. The van der Waals surface area contributed by atoms with Gasteiger partial charge in [-0.25, -0.2) is 4.79 Å². The first-order chi connectivity index (χ1) is 7.74. The number of alkyl halides is 4. The molecule has 0 saturated carbocycles. The van der Waals surface area contributed by atoms with E-state index < -0.39 is 35.2 Å². The highest BCUT2D eigenvalue weighted by molar-refractivity contribution is 5.79. The number of para-hydroxylation sites is 1. The molecule has 0 saturated heterocycles. The Hall–Kier alpha value is -1.99. The zero-order chi connectivity index (χ0) is 12.8. The molecule has 1 aromatic carbocycles. The zero-order valence-electron chi connectivity index (χ0n) is 7.92. The van der Waals surface area contributed by atoms with Crippen LogP contribution in [0.3, 0.4) is 0 Å². The van der Waals surface area contributed by atoms with Crippen molar-refractivity contribution in [3.63, 3.8) is 0 Å². The summed E-state index contributed by atoms with van der Waals surface area (Å²) in [5.41, 5.74) is -1.18.